The average molecular weight is 453 g/mol. The van der Waals surface area contributed by atoms with E-state index >= 15 is 0 Å². The quantitative estimate of drug-likeness (QED) is 0.274. The number of piperidine rings is 1. The molecule has 3 N–H and O–H groups in total. The lowest BCUT2D eigenvalue weighted by Gasteiger charge is -2.61. The van der Waals surface area contributed by atoms with Crippen molar-refractivity contribution in [2.45, 2.75) is 81.1 Å². The van der Waals surface area contributed by atoms with E-state index in [4.69, 9.17) is 9.47 Å². The number of quaternary nitrogens is 1. The monoisotopic (exact) mass is 452 g/mol. The van der Waals surface area contributed by atoms with Gasteiger partial charge in [0.15, 0.2) is 11.5 Å². The number of esters is 1. The molecule has 6 atom stereocenters. The van der Waals surface area contributed by atoms with Crippen molar-refractivity contribution in [1.82, 2.24) is 0 Å². The molecule has 6 nitrogen and oxygen atoms in total. The summed E-state index contributed by atoms with van der Waals surface area (Å²) in [5.74, 6) is 1.23. The van der Waals surface area contributed by atoms with Crippen LogP contribution in [0.1, 0.15) is 56.6 Å². The molecule has 33 heavy (non-hydrogen) atoms. The summed E-state index contributed by atoms with van der Waals surface area (Å²) in [6.45, 7) is 3.99. The van der Waals surface area contributed by atoms with Gasteiger partial charge < -0.3 is 24.6 Å². The zero-order valence-electron chi connectivity index (χ0n) is 19.3. The minimum Gasteiger partial charge on any atom is -0.482 e. The average Bonchev–Trinajstić information content (AvgIpc) is 3.12. The molecule has 176 valence electrons. The predicted molar refractivity (Wildman–Crippen MR) is 122 cm³/mol. The first-order valence-electron chi connectivity index (χ1n) is 12.6. The number of hydrogen-bond donors (Lipinski definition) is 3. The number of aliphatic hydroxyl groups excluding tert-OH is 1. The molecule has 6 rings (SSSR count). The summed E-state index contributed by atoms with van der Waals surface area (Å²) in [6, 6.07) is 3.98. The van der Waals surface area contributed by atoms with Crippen LogP contribution in [0, 0.1) is 5.92 Å². The van der Waals surface area contributed by atoms with Gasteiger partial charge in [0.05, 0.1) is 24.6 Å². The summed E-state index contributed by atoms with van der Waals surface area (Å²) in [7, 11) is 0. The van der Waals surface area contributed by atoms with Crippen LogP contribution in [0.15, 0.2) is 36.4 Å². The maximum absolute atomic E-state index is 12.4. The Morgan fingerprint density at radius 3 is 2.88 bits per heavy atom. The Morgan fingerprint density at radius 1 is 1.27 bits per heavy atom. The molecule has 0 aromatic heterocycles. The summed E-state index contributed by atoms with van der Waals surface area (Å²) in [4.78, 5) is 13.9. The summed E-state index contributed by atoms with van der Waals surface area (Å²) in [5, 5.41) is 23.4. The number of nitrogens with one attached hydrogen (secondary N) is 1. The fraction of sp³-hybridized carbons (Fsp3) is 0.593. The number of ether oxygens (including phenoxy) is 2. The Hall–Kier alpha value is -2.15. The molecule has 5 aliphatic rings. The van der Waals surface area contributed by atoms with E-state index in [1.54, 1.807) is 12.2 Å². The molecule has 2 bridgehead atoms. The van der Waals surface area contributed by atoms with Gasteiger partial charge in [0.2, 0.25) is 0 Å². The topological polar surface area (TPSA) is 80.4 Å². The Bertz CT molecular complexity index is 1030. The van der Waals surface area contributed by atoms with Gasteiger partial charge in [-0.05, 0) is 44.2 Å². The van der Waals surface area contributed by atoms with Gasteiger partial charge in [-0.25, -0.2) is 4.79 Å². The van der Waals surface area contributed by atoms with E-state index in [2.05, 4.69) is 0 Å². The zero-order valence-corrected chi connectivity index (χ0v) is 19.3. The Morgan fingerprint density at radius 2 is 2.12 bits per heavy atom. The van der Waals surface area contributed by atoms with Crippen molar-refractivity contribution in [1.29, 1.82) is 0 Å². The number of hydrogen-bond acceptors (Lipinski definition) is 5. The van der Waals surface area contributed by atoms with Crippen LogP contribution >= 0.6 is 0 Å². The lowest BCUT2D eigenvalue weighted by atomic mass is 9.48. The minimum atomic E-state index is -0.916. The molecule has 0 radical (unpaired) electrons. The van der Waals surface area contributed by atoms with Crippen LogP contribution < -0.4 is 14.4 Å². The molecule has 3 fully saturated rings. The summed E-state index contributed by atoms with van der Waals surface area (Å²) in [5.41, 5.74) is 0.604. The van der Waals surface area contributed by atoms with Gasteiger partial charge in [-0.3, -0.25) is 0 Å². The molecular formula is C27H34NO5+. The van der Waals surface area contributed by atoms with Gasteiger partial charge in [0.25, 0.3) is 0 Å². The molecular weight excluding hydrogens is 418 g/mol. The van der Waals surface area contributed by atoms with E-state index < -0.39 is 29.2 Å². The molecule has 1 aromatic carbocycles. The molecule has 2 aliphatic heterocycles. The smallest absolute Gasteiger partial charge is 0.336 e. The highest BCUT2D eigenvalue weighted by atomic mass is 16.6. The van der Waals surface area contributed by atoms with Crippen molar-refractivity contribution in [2.75, 3.05) is 13.1 Å². The summed E-state index contributed by atoms with van der Waals surface area (Å²) < 4.78 is 12.1. The van der Waals surface area contributed by atoms with E-state index in [1.165, 1.54) is 35.8 Å². The van der Waals surface area contributed by atoms with Gasteiger partial charge in [-0.1, -0.05) is 30.7 Å². The molecule has 1 spiro atoms. The van der Waals surface area contributed by atoms with Crippen LogP contribution in [0.2, 0.25) is 0 Å². The van der Waals surface area contributed by atoms with Crippen molar-refractivity contribution < 1.29 is 29.4 Å². The van der Waals surface area contributed by atoms with E-state index in [0.29, 0.717) is 24.3 Å². The van der Waals surface area contributed by atoms with Gasteiger partial charge >= 0.3 is 5.97 Å². The lowest BCUT2D eigenvalue weighted by molar-refractivity contribution is -0.946. The Kier molecular flexibility index (Phi) is 4.98. The van der Waals surface area contributed by atoms with E-state index in [9.17, 15) is 15.0 Å². The Labute approximate surface area is 194 Å². The second-order valence-electron chi connectivity index (χ2n) is 10.7. The second kappa shape index (κ2) is 7.69. The number of benzene rings is 1. The van der Waals surface area contributed by atoms with Crippen molar-refractivity contribution >= 4 is 5.97 Å². The number of carbonyl (C=O) groups is 1. The van der Waals surface area contributed by atoms with Crippen LogP contribution in [-0.4, -0.2) is 53.1 Å². The molecule has 0 amide bonds. The number of aliphatic hydroxyl groups is 2. The number of carbonyl (C=O) groups excluding carboxylic acids is 1. The van der Waals surface area contributed by atoms with Gasteiger partial charge in [0, 0.05) is 30.4 Å². The number of rotatable bonds is 5. The van der Waals surface area contributed by atoms with E-state index in [1.807, 2.05) is 25.1 Å². The molecule has 2 saturated carbocycles. The third-order valence-electron chi connectivity index (χ3n) is 9.18. The molecule has 3 aliphatic carbocycles. The maximum Gasteiger partial charge on any atom is 0.336 e. The predicted octanol–water partition coefficient (Wildman–Crippen LogP) is 1.62. The highest BCUT2D eigenvalue weighted by Gasteiger charge is 2.74. The van der Waals surface area contributed by atoms with E-state index in [-0.39, 0.29) is 6.04 Å². The van der Waals surface area contributed by atoms with Crippen LogP contribution in [0.5, 0.6) is 11.5 Å². The summed E-state index contributed by atoms with van der Waals surface area (Å²) in [6.07, 6.45) is 12.1. The van der Waals surface area contributed by atoms with Crippen molar-refractivity contribution in [3.63, 3.8) is 0 Å². The van der Waals surface area contributed by atoms with Gasteiger partial charge in [-0.2, -0.15) is 0 Å². The van der Waals surface area contributed by atoms with Crippen LogP contribution in [-0.2, 0) is 16.6 Å². The standard InChI is InChI=1S/C27H33NO5/c1-2-3-4-8-22(30)32-20-10-9-18-15-21-27(31)12-11-19(29)25-26(27,23(18)24(20)33-25)13-14-28(21)16-17-6-5-7-17/h2-4,8-10,17,19,21,25,29,31H,5-7,11-16H2,1H3/p+1/b3-2+,8-4+. The molecule has 6 unspecified atom stereocenters. The lowest BCUT2D eigenvalue weighted by Crippen LogP contribution is -3.22. The third-order valence-corrected chi connectivity index (χ3v) is 9.18. The largest absolute Gasteiger partial charge is 0.482 e. The highest BCUT2D eigenvalue weighted by molar-refractivity contribution is 5.85. The molecule has 1 saturated heterocycles. The maximum atomic E-state index is 12.4. The zero-order chi connectivity index (χ0) is 22.8. The SMILES string of the molecule is C/C=C/C=C/C(=O)Oc1ccc2c3c1OC1C(O)CCC4(O)C(C2)[NH+](CC2CCC2)CCC314. The van der Waals surface area contributed by atoms with Crippen LogP contribution in [0.4, 0.5) is 0 Å². The molecule has 6 heteroatoms. The minimum absolute atomic E-state index is 0.112. The third kappa shape index (κ3) is 2.93. The van der Waals surface area contributed by atoms with E-state index in [0.717, 1.165) is 37.4 Å². The second-order valence-corrected chi connectivity index (χ2v) is 10.7. The fourth-order valence-electron chi connectivity index (χ4n) is 7.51. The normalized spacial score (nSPS) is 38.8. The van der Waals surface area contributed by atoms with Gasteiger partial charge in [-0.15, -0.1) is 0 Å². The first kappa shape index (κ1) is 21.4. The van der Waals surface area contributed by atoms with Crippen molar-refractivity contribution in [2.24, 2.45) is 5.92 Å². The Balaban J connectivity index is 1.41. The number of likely N-dealkylation sites (tertiary alicyclic amines) is 1. The first-order valence-corrected chi connectivity index (χ1v) is 12.6. The summed E-state index contributed by atoms with van der Waals surface area (Å²) >= 11 is 0. The fourth-order valence-corrected chi connectivity index (χ4v) is 7.51. The van der Waals surface area contributed by atoms with Crippen molar-refractivity contribution in [3.8, 4) is 11.5 Å². The molecule has 2 heterocycles. The first-order chi connectivity index (χ1) is 16.0. The highest BCUT2D eigenvalue weighted by Crippen LogP contribution is 2.63. The van der Waals surface area contributed by atoms with Crippen LogP contribution in [0.25, 0.3) is 0 Å². The van der Waals surface area contributed by atoms with Gasteiger partial charge in [0.1, 0.15) is 17.7 Å². The van der Waals surface area contributed by atoms with Crippen molar-refractivity contribution in [3.05, 3.63) is 47.6 Å². The number of allylic oxidation sites excluding steroid dienone is 3. The molecule has 1 aromatic rings. The van der Waals surface area contributed by atoms with Crippen LogP contribution in [0.3, 0.4) is 0 Å².